The highest BCUT2D eigenvalue weighted by Crippen LogP contribution is 2.18. The first-order valence-corrected chi connectivity index (χ1v) is 5.75. The Bertz CT molecular complexity index is 444. The normalized spacial score (nSPS) is 9.75. The van der Waals surface area contributed by atoms with E-state index in [-0.39, 0.29) is 0 Å². The summed E-state index contributed by atoms with van der Waals surface area (Å²) < 4.78 is 0. The fourth-order valence-electron chi connectivity index (χ4n) is 1.43. The highest BCUT2D eigenvalue weighted by Gasteiger charge is 1.93. The van der Waals surface area contributed by atoms with Gasteiger partial charge in [-0.05, 0) is 22.3 Å². The second-order valence-electron chi connectivity index (χ2n) is 4.50. The SMILES string of the molecule is C=Cc1cccc2ccccc12.CC(C)C. The Labute approximate surface area is 98.6 Å². The van der Waals surface area contributed by atoms with Gasteiger partial charge in [-0.2, -0.15) is 0 Å². The van der Waals surface area contributed by atoms with Crippen molar-refractivity contribution in [1.29, 1.82) is 0 Å². The van der Waals surface area contributed by atoms with Gasteiger partial charge in [0.25, 0.3) is 0 Å². The van der Waals surface area contributed by atoms with E-state index >= 15 is 0 Å². The van der Waals surface area contributed by atoms with Crippen LogP contribution in [0.25, 0.3) is 16.8 Å². The molecule has 0 N–H and O–H groups in total. The van der Waals surface area contributed by atoms with Crippen molar-refractivity contribution >= 4 is 16.8 Å². The van der Waals surface area contributed by atoms with Gasteiger partial charge in [0.2, 0.25) is 0 Å². The zero-order valence-corrected chi connectivity index (χ0v) is 10.4. The van der Waals surface area contributed by atoms with Crippen LogP contribution >= 0.6 is 0 Å². The molecular formula is C16H20. The standard InChI is InChI=1S/C12H10.C4H10/c1-2-10-7-5-8-11-6-3-4-9-12(10)11;1-4(2)3/h2-9H,1H2;4H,1-3H3. The van der Waals surface area contributed by atoms with E-state index in [1.165, 1.54) is 16.3 Å². The van der Waals surface area contributed by atoms with Gasteiger partial charge in [-0.25, -0.2) is 0 Å². The van der Waals surface area contributed by atoms with Gasteiger partial charge in [0.15, 0.2) is 0 Å². The quantitative estimate of drug-likeness (QED) is 0.613. The van der Waals surface area contributed by atoms with Crippen LogP contribution in [-0.2, 0) is 0 Å². The maximum Gasteiger partial charge on any atom is -0.0112 e. The maximum absolute atomic E-state index is 3.78. The predicted molar refractivity (Wildman–Crippen MR) is 74.6 cm³/mol. The van der Waals surface area contributed by atoms with Gasteiger partial charge < -0.3 is 0 Å². The Kier molecular flexibility index (Phi) is 4.78. The molecule has 2 aromatic rings. The molecule has 0 heterocycles. The average Bonchev–Trinajstić information content (AvgIpc) is 2.27. The molecule has 2 rings (SSSR count). The molecule has 0 aromatic heterocycles. The Balaban J connectivity index is 0.000000280. The van der Waals surface area contributed by atoms with Crippen LogP contribution in [0.1, 0.15) is 26.3 Å². The molecule has 0 bridgehead atoms. The minimum atomic E-state index is 0.833. The van der Waals surface area contributed by atoms with Gasteiger partial charge in [0.05, 0.1) is 0 Å². The summed E-state index contributed by atoms with van der Waals surface area (Å²) in [6.07, 6.45) is 1.89. The van der Waals surface area contributed by atoms with E-state index in [4.69, 9.17) is 0 Å². The van der Waals surface area contributed by atoms with E-state index in [0.717, 1.165) is 5.92 Å². The molecule has 16 heavy (non-hydrogen) atoms. The van der Waals surface area contributed by atoms with Crippen LogP contribution in [0.5, 0.6) is 0 Å². The Morgan fingerprint density at radius 2 is 1.50 bits per heavy atom. The van der Waals surface area contributed by atoms with E-state index in [0.29, 0.717) is 0 Å². The van der Waals surface area contributed by atoms with Gasteiger partial charge in [0, 0.05) is 0 Å². The largest absolute Gasteiger partial charge is 0.0984 e. The summed E-state index contributed by atoms with van der Waals surface area (Å²) in [6, 6.07) is 14.6. The number of benzene rings is 2. The molecule has 0 nitrogen and oxygen atoms in total. The zero-order chi connectivity index (χ0) is 12.0. The Hall–Kier alpha value is -1.56. The van der Waals surface area contributed by atoms with Gasteiger partial charge in [-0.3, -0.25) is 0 Å². The second-order valence-corrected chi connectivity index (χ2v) is 4.50. The van der Waals surface area contributed by atoms with Gasteiger partial charge >= 0.3 is 0 Å². The van der Waals surface area contributed by atoms with Crippen molar-refractivity contribution < 1.29 is 0 Å². The molecule has 0 aliphatic carbocycles. The van der Waals surface area contributed by atoms with E-state index in [9.17, 15) is 0 Å². The fraction of sp³-hybridized carbons (Fsp3) is 0.250. The number of hydrogen-bond acceptors (Lipinski definition) is 0. The van der Waals surface area contributed by atoms with Crippen molar-refractivity contribution in [3.8, 4) is 0 Å². The monoisotopic (exact) mass is 212 g/mol. The van der Waals surface area contributed by atoms with Crippen molar-refractivity contribution in [3.63, 3.8) is 0 Å². The van der Waals surface area contributed by atoms with Gasteiger partial charge in [0.1, 0.15) is 0 Å². The summed E-state index contributed by atoms with van der Waals surface area (Å²) in [5, 5.41) is 2.55. The molecule has 0 radical (unpaired) electrons. The molecule has 0 atom stereocenters. The molecule has 0 unspecified atom stereocenters. The number of hydrogen-bond donors (Lipinski definition) is 0. The lowest BCUT2D eigenvalue weighted by Gasteiger charge is -1.99. The van der Waals surface area contributed by atoms with Crippen LogP contribution in [0.3, 0.4) is 0 Å². The van der Waals surface area contributed by atoms with Crippen LogP contribution in [0.15, 0.2) is 49.0 Å². The minimum Gasteiger partial charge on any atom is -0.0984 e. The molecule has 0 fully saturated rings. The first-order valence-electron chi connectivity index (χ1n) is 5.75. The molecule has 84 valence electrons. The molecule has 0 saturated carbocycles. The van der Waals surface area contributed by atoms with E-state index in [1.54, 1.807) is 0 Å². The molecule has 0 saturated heterocycles. The summed E-state index contributed by atoms with van der Waals surface area (Å²) in [7, 11) is 0. The van der Waals surface area contributed by atoms with Crippen molar-refractivity contribution in [2.75, 3.05) is 0 Å². The molecule has 0 spiro atoms. The minimum absolute atomic E-state index is 0.833. The molecule has 0 aliphatic rings. The maximum atomic E-state index is 3.78. The van der Waals surface area contributed by atoms with Crippen molar-refractivity contribution in [3.05, 3.63) is 54.6 Å². The summed E-state index contributed by atoms with van der Waals surface area (Å²) in [6.45, 7) is 10.3. The zero-order valence-electron chi connectivity index (χ0n) is 10.4. The lowest BCUT2D eigenvalue weighted by molar-refractivity contribution is 0.737. The van der Waals surface area contributed by atoms with Crippen LogP contribution in [0, 0.1) is 5.92 Å². The molecule has 2 aromatic carbocycles. The first kappa shape index (κ1) is 12.5. The highest BCUT2D eigenvalue weighted by atomic mass is 14.0. The summed E-state index contributed by atoms with van der Waals surface area (Å²) in [4.78, 5) is 0. The van der Waals surface area contributed by atoms with Crippen molar-refractivity contribution in [2.24, 2.45) is 5.92 Å². The Morgan fingerprint density at radius 1 is 0.938 bits per heavy atom. The Morgan fingerprint density at radius 3 is 2.12 bits per heavy atom. The average molecular weight is 212 g/mol. The highest BCUT2D eigenvalue weighted by molar-refractivity contribution is 5.90. The second kappa shape index (κ2) is 6.12. The molecule has 0 aliphatic heterocycles. The van der Waals surface area contributed by atoms with E-state index in [2.05, 4.69) is 69.8 Å². The summed E-state index contributed by atoms with van der Waals surface area (Å²) >= 11 is 0. The molecule has 0 heteroatoms. The third-order valence-electron chi connectivity index (χ3n) is 2.04. The van der Waals surface area contributed by atoms with Crippen LogP contribution in [0.2, 0.25) is 0 Å². The predicted octanol–water partition coefficient (Wildman–Crippen LogP) is 5.15. The molecular weight excluding hydrogens is 192 g/mol. The van der Waals surface area contributed by atoms with E-state index in [1.807, 2.05) is 6.08 Å². The van der Waals surface area contributed by atoms with Crippen molar-refractivity contribution in [1.82, 2.24) is 0 Å². The number of fused-ring (bicyclic) bond motifs is 1. The lowest BCUT2D eigenvalue weighted by atomic mass is 10.1. The van der Waals surface area contributed by atoms with Crippen molar-refractivity contribution in [2.45, 2.75) is 20.8 Å². The van der Waals surface area contributed by atoms with Crippen LogP contribution in [-0.4, -0.2) is 0 Å². The third-order valence-corrected chi connectivity index (χ3v) is 2.04. The van der Waals surface area contributed by atoms with E-state index < -0.39 is 0 Å². The van der Waals surface area contributed by atoms with Gasteiger partial charge in [-0.15, -0.1) is 0 Å². The smallest absolute Gasteiger partial charge is 0.0112 e. The third kappa shape index (κ3) is 3.54. The topological polar surface area (TPSA) is 0 Å². The number of rotatable bonds is 1. The fourth-order valence-corrected chi connectivity index (χ4v) is 1.43. The van der Waals surface area contributed by atoms with Crippen LogP contribution in [0.4, 0.5) is 0 Å². The summed E-state index contributed by atoms with van der Waals surface area (Å²) in [5.41, 5.74) is 1.20. The van der Waals surface area contributed by atoms with Gasteiger partial charge in [-0.1, -0.05) is 75.9 Å². The summed E-state index contributed by atoms with van der Waals surface area (Å²) in [5.74, 6) is 0.833. The van der Waals surface area contributed by atoms with Crippen LogP contribution < -0.4 is 0 Å². The lowest BCUT2D eigenvalue weighted by Crippen LogP contribution is -1.75. The molecule has 0 amide bonds. The first-order chi connectivity index (χ1) is 7.65.